The quantitative estimate of drug-likeness (QED) is 0.452. The highest BCUT2D eigenvalue weighted by Gasteiger charge is 2.34. The highest BCUT2D eigenvalue weighted by atomic mass is 32.1. The first-order valence-corrected chi connectivity index (χ1v) is 9.95. The molecule has 0 radical (unpaired) electrons. The van der Waals surface area contributed by atoms with Crippen LogP contribution < -0.4 is 15.0 Å². The van der Waals surface area contributed by atoms with Crippen LogP contribution in [-0.2, 0) is 9.59 Å². The number of thiocarbonyl (C=S) groups is 1. The number of carbonyl (C=O) groups excluding carboxylic acids is 2. The molecule has 0 spiro atoms. The Balaban J connectivity index is 1.89. The Bertz CT molecular complexity index is 961. The van der Waals surface area contributed by atoms with E-state index in [2.05, 4.69) is 19.2 Å². The summed E-state index contributed by atoms with van der Waals surface area (Å²) in [6.07, 6.45) is 1.63. The second-order valence-corrected chi connectivity index (χ2v) is 7.83. The van der Waals surface area contributed by atoms with Gasteiger partial charge >= 0.3 is 0 Å². The molecule has 3 rings (SSSR count). The largest absolute Gasteiger partial charge is 0.491 e. The van der Waals surface area contributed by atoms with E-state index in [4.69, 9.17) is 17.0 Å². The molecule has 29 heavy (non-hydrogen) atoms. The Labute approximate surface area is 176 Å². The summed E-state index contributed by atoms with van der Waals surface area (Å²) in [5.74, 6) is 0.164. The molecule has 0 atom stereocenters. The van der Waals surface area contributed by atoms with E-state index in [0.29, 0.717) is 11.6 Å². The second-order valence-electron chi connectivity index (χ2n) is 7.44. The summed E-state index contributed by atoms with van der Waals surface area (Å²) in [4.78, 5) is 26.8. The number of carbonyl (C=O) groups is 2. The zero-order valence-electron chi connectivity index (χ0n) is 16.9. The molecule has 0 unspecified atom stereocenters. The molecule has 1 N–H and O–H groups in total. The number of ether oxygens (including phenoxy) is 1. The lowest BCUT2D eigenvalue weighted by Gasteiger charge is -2.29. The van der Waals surface area contributed by atoms with Crippen LogP contribution in [0.4, 0.5) is 5.69 Å². The summed E-state index contributed by atoms with van der Waals surface area (Å²) >= 11 is 5.25. The Morgan fingerprint density at radius 2 is 1.59 bits per heavy atom. The van der Waals surface area contributed by atoms with Gasteiger partial charge in [-0.2, -0.15) is 0 Å². The molecule has 2 aromatic rings. The Morgan fingerprint density at radius 3 is 2.14 bits per heavy atom. The number of hydrogen-bond acceptors (Lipinski definition) is 4. The molecule has 150 valence electrons. The first-order chi connectivity index (χ1) is 13.8. The van der Waals surface area contributed by atoms with Crippen molar-refractivity contribution in [3.8, 4) is 5.75 Å². The van der Waals surface area contributed by atoms with Gasteiger partial charge in [-0.1, -0.05) is 38.1 Å². The minimum absolute atomic E-state index is 0.0315. The molecule has 1 heterocycles. The van der Waals surface area contributed by atoms with Gasteiger partial charge in [0.1, 0.15) is 11.3 Å². The summed E-state index contributed by atoms with van der Waals surface area (Å²) in [5, 5.41) is 2.69. The SMILES string of the molecule is CC(C)Oc1ccc(/C=C2\C(=O)NC(=S)N(c3ccc(C(C)C)cc3)C2=O)cc1. The molecule has 1 aliphatic rings. The van der Waals surface area contributed by atoms with Crippen molar-refractivity contribution in [2.45, 2.75) is 39.7 Å². The zero-order valence-corrected chi connectivity index (χ0v) is 17.7. The molecule has 1 aliphatic heterocycles. The molecule has 2 aromatic carbocycles. The van der Waals surface area contributed by atoms with Crippen LogP contribution in [0.3, 0.4) is 0 Å². The first-order valence-electron chi connectivity index (χ1n) is 9.54. The van der Waals surface area contributed by atoms with Crippen molar-refractivity contribution >= 4 is 40.9 Å². The van der Waals surface area contributed by atoms with Gasteiger partial charge in [0, 0.05) is 0 Å². The summed E-state index contributed by atoms with van der Waals surface area (Å²) in [7, 11) is 0. The number of benzene rings is 2. The molecule has 1 fully saturated rings. The lowest BCUT2D eigenvalue weighted by Crippen LogP contribution is -2.54. The van der Waals surface area contributed by atoms with Crippen molar-refractivity contribution < 1.29 is 14.3 Å². The van der Waals surface area contributed by atoms with E-state index in [1.807, 2.05) is 50.2 Å². The van der Waals surface area contributed by atoms with Crippen LogP contribution in [0.2, 0.25) is 0 Å². The van der Waals surface area contributed by atoms with Crippen LogP contribution in [0.25, 0.3) is 6.08 Å². The molecule has 0 aromatic heterocycles. The number of hydrogen-bond donors (Lipinski definition) is 1. The van der Waals surface area contributed by atoms with Gasteiger partial charge in [0.25, 0.3) is 11.8 Å². The fourth-order valence-corrected chi connectivity index (χ4v) is 3.26. The standard InChI is InChI=1S/C23H24N2O3S/c1-14(2)17-7-9-18(10-8-17)25-22(27)20(21(26)24-23(25)29)13-16-5-11-19(12-6-16)28-15(3)4/h5-15H,1-4H3,(H,24,26,29)/b20-13+. The van der Waals surface area contributed by atoms with Gasteiger partial charge in [0.15, 0.2) is 5.11 Å². The third-order valence-electron chi connectivity index (χ3n) is 4.48. The highest BCUT2D eigenvalue weighted by molar-refractivity contribution is 7.80. The third-order valence-corrected chi connectivity index (χ3v) is 4.77. The molecule has 1 saturated heterocycles. The van der Waals surface area contributed by atoms with E-state index >= 15 is 0 Å². The van der Waals surface area contributed by atoms with E-state index in [1.165, 1.54) is 4.90 Å². The van der Waals surface area contributed by atoms with Gasteiger partial charge in [0.05, 0.1) is 11.8 Å². The molecular formula is C23H24N2O3S. The van der Waals surface area contributed by atoms with Crippen molar-refractivity contribution in [1.29, 1.82) is 0 Å². The number of nitrogens with one attached hydrogen (secondary N) is 1. The van der Waals surface area contributed by atoms with Gasteiger partial charge in [-0.05, 0) is 73.5 Å². The molecule has 2 amide bonds. The average Bonchev–Trinajstić information content (AvgIpc) is 2.66. The van der Waals surface area contributed by atoms with Gasteiger partial charge in [-0.15, -0.1) is 0 Å². The maximum atomic E-state index is 13.1. The Hall–Kier alpha value is -2.99. The Kier molecular flexibility index (Phi) is 6.13. The minimum atomic E-state index is -0.502. The van der Waals surface area contributed by atoms with Crippen molar-refractivity contribution in [3.05, 3.63) is 65.2 Å². The van der Waals surface area contributed by atoms with Crippen LogP contribution in [-0.4, -0.2) is 23.0 Å². The molecule has 0 aliphatic carbocycles. The van der Waals surface area contributed by atoms with Gasteiger partial charge in [-0.25, -0.2) is 0 Å². The number of nitrogens with zero attached hydrogens (tertiary/aromatic N) is 1. The van der Waals surface area contributed by atoms with E-state index in [0.717, 1.165) is 16.9 Å². The Morgan fingerprint density at radius 1 is 0.966 bits per heavy atom. The van der Waals surface area contributed by atoms with Crippen LogP contribution in [0.5, 0.6) is 5.75 Å². The van der Waals surface area contributed by atoms with E-state index in [-0.39, 0.29) is 16.8 Å². The molecule has 5 nitrogen and oxygen atoms in total. The smallest absolute Gasteiger partial charge is 0.270 e. The lowest BCUT2D eigenvalue weighted by molar-refractivity contribution is -0.122. The fourth-order valence-electron chi connectivity index (χ4n) is 2.98. The second kappa shape index (κ2) is 8.57. The zero-order chi connectivity index (χ0) is 21.1. The van der Waals surface area contributed by atoms with Gasteiger partial charge in [-0.3, -0.25) is 19.8 Å². The van der Waals surface area contributed by atoms with Crippen LogP contribution in [0.15, 0.2) is 54.1 Å². The fraction of sp³-hybridized carbons (Fsp3) is 0.261. The number of anilines is 1. The van der Waals surface area contributed by atoms with Crippen LogP contribution in [0.1, 0.15) is 44.7 Å². The van der Waals surface area contributed by atoms with E-state index in [9.17, 15) is 9.59 Å². The average molecular weight is 409 g/mol. The van der Waals surface area contributed by atoms with E-state index < -0.39 is 11.8 Å². The van der Waals surface area contributed by atoms with Gasteiger partial charge in [0.2, 0.25) is 0 Å². The van der Waals surface area contributed by atoms with Crippen LogP contribution in [0, 0.1) is 0 Å². The van der Waals surface area contributed by atoms with Crippen molar-refractivity contribution in [3.63, 3.8) is 0 Å². The monoisotopic (exact) mass is 408 g/mol. The molecule has 0 saturated carbocycles. The first kappa shape index (κ1) is 20.7. The summed E-state index contributed by atoms with van der Waals surface area (Å²) in [6.45, 7) is 8.10. The molecule has 6 heteroatoms. The molecule has 0 bridgehead atoms. The van der Waals surface area contributed by atoms with Crippen molar-refractivity contribution in [2.24, 2.45) is 0 Å². The number of rotatable bonds is 5. The predicted octanol–water partition coefficient (Wildman–Crippen LogP) is 4.43. The van der Waals surface area contributed by atoms with Gasteiger partial charge < -0.3 is 4.74 Å². The summed E-state index contributed by atoms with van der Waals surface area (Å²) in [6, 6.07) is 14.8. The van der Waals surface area contributed by atoms with E-state index in [1.54, 1.807) is 18.2 Å². The highest BCUT2D eigenvalue weighted by Crippen LogP contribution is 2.25. The normalized spacial score (nSPS) is 16.0. The molecular weight excluding hydrogens is 384 g/mol. The summed E-state index contributed by atoms with van der Waals surface area (Å²) in [5.41, 5.74) is 2.54. The maximum Gasteiger partial charge on any atom is 0.270 e. The van der Waals surface area contributed by atoms with Crippen molar-refractivity contribution in [2.75, 3.05) is 4.90 Å². The summed E-state index contributed by atoms with van der Waals surface area (Å²) < 4.78 is 5.62. The van der Waals surface area contributed by atoms with Crippen LogP contribution >= 0.6 is 12.2 Å². The topological polar surface area (TPSA) is 58.6 Å². The third kappa shape index (κ3) is 4.71. The van der Waals surface area contributed by atoms with Crippen molar-refractivity contribution in [1.82, 2.24) is 5.32 Å². The maximum absolute atomic E-state index is 13.1. The lowest BCUT2D eigenvalue weighted by atomic mass is 10.0. The predicted molar refractivity (Wildman–Crippen MR) is 119 cm³/mol. The minimum Gasteiger partial charge on any atom is -0.491 e. The number of amides is 2.